The Balaban J connectivity index is 2.82. The maximum absolute atomic E-state index is 5.63. The lowest BCUT2D eigenvalue weighted by molar-refractivity contribution is 0.143. The van der Waals surface area contributed by atoms with E-state index in [1.807, 2.05) is 6.07 Å². The van der Waals surface area contributed by atoms with Crippen molar-refractivity contribution in [2.24, 2.45) is 5.92 Å². The highest BCUT2D eigenvalue weighted by Crippen LogP contribution is 2.23. The second kappa shape index (κ2) is 8.17. The number of methoxy groups -OCH3 is 1. The molecule has 1 heterocycles. The second-order valence-corrected chi connectivity index (χ2v) is 6.62. The standard InChI is InChI=1S/C16H29N3O2/c1-12(2)7-8-17-13-11-14(21-10-9-20-6)19-15(18-13)16(3,4)5/h11-12H,7-10H2,1-6H3,(H,17,18,19). The summed E-state index contributed by atoms with van der Waals surface area (Å²) >= 11 is 0. The summed E-state index contributed by atoms with van der Waals surface area (Å²) in [6.07, 6.45) is 1.11. The number of ether oxygens (including phenoxy) is 2. The van der Waals surface area contributed by atoms with Gasteiger partial charge in [-0.15, -0.1) is 0 Å². The van der Waals surface area contributed by atoms with E-state index in [4.69, 9.17) is 9.47 Å². The molecule has 0 saturated carbocycles. The molecular formula is C16H29N3O2. The fraction of sp³-hybridized carbons (Fsp3) is 0.750. The quantitative estimate of drug-likeness (QED) is 0.746. The molecule has 1 N–H and O–H groups in total. The first-order valence-electron chi connectivity index (χ1n) is 7.58. The molecule has 120 valence electrons. The molecule has 21 heavy (non-hydrogen) atoms. The lowest BCUT2D eigenvalue weighted by Crippen LogP contribution is -2.19. The third-order valence-electron chi connectivity index (χ3n) is 2.94. The Morgan fingerprint density at radius 1 is 1.19 bits per heavy atom. The maximum atomic E-state index is 5.63. The Morgan fingerprint density at radius 3 is 2.48 bits per heavy atom. The van der Waals surface area contributed by atoms with E-state index in [2.05, 4.69) is 49.9 Å². The van der Waals surface area contributed by atoms with Crippen molar-refractivity contribution in [2.45, 2.75) is 46.5 Å². The Labute approximate surface area is 128 Å². The van der Waals surface area contributed by atoms with E-state index in [1.165, 1.54) is 0 Å². The van der Waals surface area contributed by atoms with Gasteiger partial charge in [-0.2, -0.15) is 4.98 Å². The van der Waals surface area contributed by atoms with E-state index in [-0.39, 0.29) is 5.41 Å². The van der Waals surface area contributed by atoms with Crippen LogP contribution >= 0.6 is 0 Å². The van der Waals surface area contributed by atoms with Crippen molar-refractivity contribution in [2.75, 3.05) is 32.2 Å². The molecule has 0 aromatic carbocycles. The molecule has 0 radical (unpaired) electrons. The van der Waals surface area contributed by atoms with Crippen molar-refractivity contribution in [1.29, 1.82) is 0 Å². The predicted octanol–water partition coefficient (Wildman–Crippen LogP) is 3.26. The lowest BCUT2D eigenvalue weighted by atomic mass is 9.96. The minimum absolute atomic E-state index is 0.116. The van der Waals surface area contributed by atoms with Crippen molar-refractivity contribution < 1.29 is 9.47 Å². The van der Waals surface area contributed by atoms with E-state index in [1.54, 1.807) is 7.11 Å². The predicted molar refractivity (Wildman–Crippen MR) is 86.0 cm³/mol. The van der Waals surface area contributed by atoms with E-state index in [9.17, 15) is 0 Å². The van der Waals surface area contributed by atoms with Gasteiger partial charge in [-0.1, -0.05) is 34.6 Å². The van der Waals surface area contributed by atoms with Crippen LogP contribution in [0.25, 0.3) is 0 Å². The number of rotatable bonds is 8. The zero-order valence-electron chi connectivity index (χ0n) is 14.2. The van der Waals surface area contributed by atoms with Crippen molar-refractivity contribution >= 4 is 5.82 Å². The molecule has 0 aliphatic rings. The van der Waals surface area contributed by atoms with Crippen LogP contribution in [0.3, 0.4) is 0 Å². The summed E-state index contributed by atoms with van der Waals surface area (Å²) in [5, 5.41) is 3.36. The fourth-order valence-electron chi connectivity index (χ4n) is 1.64. The van der Waals surface area contributed by atoms with Crippen LogP contribution in [-0.4, -0.2) is 36.8 Å². The number of nitrogens with zero attached hydrogens (tertiary/aromatic N) is 2. The topological polar surface area (TPSA) is 56.3 Å². The molecule has 0 saturated heterocycles. The average molecular weight is 295 g/mol. The summed E-state index contributed by atoms with van der Waals surface area (Å²) in [4.78, 5) is 9.09. The van der Waals surface area contributed by atoms with Gasteiger partial charge in [0, 0.05) is 25.1 Å². The van der Waals surface area contributed by atoms with Crippen LogP contribution in [-0.2, 0) is 10.2 Å². The van der Waals surface area contributed by atoms with E-state index in [0.29, 0.717) is 25.0 Å². The van der Waals surface area contributed by atoms with Crippen LogP contribution < -0.4 is 10.1 Å². The Kier molecular flexibility index (Phi) is 6.89. The van der Waals surface area contributed by atoms with Gasteiger partial charge in [0.25, 0.3) is 0 Å². The van der Waals surface area contributed by atoms with Crippen molar-refractivity contribution in [3.8, 4) is 5.88 Å². The van der Waals surface area contributed by atoms with Gasteiger partial charge in [0.1, 0.15) is 18.2 Å². The first-order chi connectivity index (χ1) is 9.82. The summed E-state index contributed by atoms with van der Waals surface area (Å²) < 4.78 is 10.6. The van der Waals surface area contributed by atoms with Crippen LogP contribution in [0.4, 0.5) is 5.82 Å². The minimum atomic E-state index is -0.116. The summed E-state index contributed by atoms with van der Waals surface area (Å²) in [7, 11) is 1.66. The van der Waals surface area contributed by atoms with Crippen molar-refractivity contribution in [3.05, 3.63) is 11.9 Å². The molecule has 0 aliphatic carbocycles. The Morgan fingerprint density at radius 2 is 1.90 bits per heavy atom. The smallest absolute Gasteiger partial charge is 0.218 e. The molecule has 0 fully saturated rings. The van der Waals surface area contributed by atoms with Crippen molar-refractivity contribution in [1.82, 2.24) is 9.97 Å². The number of aromatic nitrogens is 2. The van der Waals surface area contributed by atoms with Crippen LogP contribution in [0.1, 0.15) is 46.9 Å². The lowest BCUT2D eigenvalue weighted by Gasteiger charge is -2.19. The SMILES string of the molecule is COCCOc1cc(NCCC(C)C)nc(C(C)(C)C)n1. The second-order valence-electron chi connectivity index (χ2n) is 6.62. The molecule has 1 aromatic heterocycles. The summed E-state index contributed by atoms with van der Waals surface area (Å²) in [5.41, 5.74) is -0.116. The minimum Gasteiger partial charge on any atom is -0.475 e. The number of hydrogen-bond donors (Lipinski definition) is 1. The monoisotopic (exact) mass is 295 g/mol. The molecule has 0 bridgehead atoms. The van der Waals surface area contributed by atoms with Gasteiger partial charge in [0.15, 0.2) is 0 Å². The molecule has 0 unspecified atom stereocenters. The third kappa shape index (κ3) is 6.76. The van der Waals surface area contributed by atoms with Crippen LogP contribution in [0.15, 0.2) is 6.07 Å². The molecule has 5 nitrogen and oxygen atoms in total. The Bertz CT molecular complexity index is 428. The fourth-order valence-corrected chi connectivity index (χ4v) is 1.64. The maximum Gasteiger partial charge on any atom is 0.218 e. The zero-order chi connectivity index (χ0) is 15.9. The first-order valence-corrected chi connectivity index (χ1v) is 7.58. The van der Waals surface area contributed by atoms with Gasteiger partial charge < -0.3 is 14.8 Å². The molecule has 0 spiro atoms. The highest BCUT2D eigenvalue weighted by Gasteiger charge is 2.19. The van der Waals surface area contributed by atoms with Gasteiger partial charge in [-0.05, 0) is 12.3 Å². The molecule has 0 atom stereocenters. The molecule has 0 amide bonds. The highest BCUT2D eigenvalue weighted by molar-refractivity contribution is 5.39. The average Bonchev–Trinajstić information content (AvgIpc) is 2.37. The molecule has 1 aromatic rings. The van der Waals surface area contributed by atoms with Gasteiger partial charge in [0.2, 0.25) is 5.88 Å². The van der Waals surface area contributed by atoms with Gasteiger partial charge in [0.05, 0.1) is 6.61 Å². The molecule has 5 heteroatoms. The van der Waals surface area contributed by atoms with E-state index < -0.39 is 0 Å². The first kappa shape index (κ1) is 17.7. The van der Waals surface area contributed by atoms with Crippen LogP contribution in [0, 0.1) is 5.92 Å². The number of nitrogens with one attached hydrogen (secondary N) is 1. The molecular weight excluding hydrogens is 266 g/mol. The molecule has 1 rings (SSSR count). The van der Waals surface area contributed by atoms with E-state index in [0.717, 1.165) is 24.6 Å². The number of anilines is 1. The van der Waals surface area contributed by atoms with Crippen LogP contribution in [0.2, 0.25) is 0 Å². The molecule has 0 aliphatic heterocycles. The third-order valence-corrected chi connectivity index (χ3v) is 2.94. The summed E-state index contributed by atoms with van der Waals surface area (Å²) in [6.45, 7) is 12.6. The highest BCUT2D eigenvalue weighted by atomic mass is 16.5. The summed E-state index contributed by atoms with van der Waals surface area (Å²) in [6, 6.07) is 1.85. The summed E-state index contributed by atoms with van der Waals surface area (Å²) in [5.74, 6) is 2.87. The van der Waals surface area contributed by atoms with Gasteiger partial charge in [-0.25, -0.2) is 4.98 Å². The van der Waals surface area contributed by atoms with Gasteiger partial charge >= 0.3 is 0 Å². The normalized spacial score (nSPS) is 11.8. The van der Waals surface area contributed by atoms with Crippen molar-refractivity contribution in [3.63, 3.8) is 0 Å². The van der Waals surface area contributed by atoms with E-state index >= 15 is 0 Å². The largest absolute Gasteiger partial charge is 0.475 e. The number of hydrogen-bond acceptors (Lipinski definition) is 5. The zero-order valence-corrected chi connectivity index (χ0v) is 14.2. The van der Waals surface area contributed by atoms with Gasteiger partial charge in [-0.3, -0.25) is 0 Å². The Hall–Kier alpha value is -1.36. The van der Waals surface area contributed by atoms with Crippen LogP contribution in [0.5, 0.6) is 5.88 Å².